The molecule has 0 amide bonds. The monoisotopic (exact) mass is 280 g/mol. The van der Waals surface area contributed by atoms with Crippen LogP contribution in [0.25, 0.3) is 0 Å². The molecule has 0 radical (unpaired) electrons. The number of anilines is 2. The molecule has 0 aliphatic carbocycles. The summed E-state index contributed by atoms with van der Waals surface area (Å²) in [6.45, 7) is 2.85. The second kappa shape index (κ2) is 6.00. The molecule has 1 aliphatic heterocycles. The minimum absolute atomic E-state index is 0.0575. The van der Waals surface area contributed by atoms with E-state index in [-0.39, 0.29) is 5.69 Å². The average molecular weight is 280 g/mol. The SMILES string of the molecule is CNc1ncc([N+](=O)[O-])c(N(C)CC2CCN(C)C2)n1. The Morgan fingerprint density at radius 3 is 2.95 bits per heavy atom. The lowest BCUT2D eigenvalue weighted by Crippen LogP contribution is -2.28. The molecular formula is C12H20N6O2. The Bertz CT molecular complexity index is 495. The Kier molecular flexibility index (Phi) is 4.33. The normalized spacial score (nSPS) is 19.1. The molecule has 0 spiro atoms. The zero-order chi connectivity index (χ0) is 14.7. The molecule has 2 rings (SSSR count). The first-order valence-corrected chi connectivity index (χ1v) is 6.60. The van der Waals surface area contributed by atoms with E-state index in [9.17, 15) is 10.1 Å². The van der Waals surface area contributed by atoms with E-state index in [4.69, 9.17) is 0 Å². The minimum Gasteiger partial charge on any atom is -0.357 e. The average Bonchev–Trinajstić information content (AvgIpc) is 2.83. The van der Waals surface area contributed by atoms with Crippen molar-refractivity contribution >= 4 is 17.5 Å². The van der Waals surface area contributed by atoms with E-state index in [1.165, 1.54) is 6.20 Å². The van der Waals surface area contributed by atoms with E-state index in [1.807, 2.05) is 11.9 Å². The van der Waals surface area contributed by atoms with Crippen molar-refractivity contribution in [2.75, 3.05) is 51.0 Å². The van der Waals surface area contributed by atoms with Crippen molar-refractivity contribution in [2.24, 2.45) is 5.92 Å². The molecule has 8 nitrogen and oxygen atoms in total. The van der Waals surface area contributed by atoms with Crippen LogP contribution in [0.3, 0.4) is 0 Å². The van der Waals surface area contributed by atoms with E-state index >= 15 is 0 Å². The van der Waals surface area contributed by atoms with Crippen LogP contribution in [-0.2, 0) is 0 Å². The third kappa shape index (κ3) is 3.13. The molecule has 0 bridgehead atoms. The molecule has 1 unspecified atom stereocenters. The van der Waals surface area contributed by atoms with Gasteiger partial charge in [-0.25, -0.2) is 4.98 Å². The molecule has 110 valence electrons. The van der Waals surface area contributed by atoms with Crippen molar-refractivity contribution < 1.29 is 4.92 Å². The van der Waals surface area contributed by atoms with Gasteiger partial charge >= 0.3 is 5.69 Å². The fourth-order valence-electron chi connectivity index (χ4n) is 2.55. The minimum atomic E-state index is -0.438. The van der Waals surface area contributed by atoms with Gasteiger partial charge in [-0.3, -0.25) is 10.1 Å². The van der Waals surface area contributed by atoms with E-state index in [0.717, 1.165) is 26.1 Å². The number of aromatic nitrogens is 2. The number of nitrogens with zero attached hydrogens (tertiary/aromatic N) is 5. The van der Waals surface area contributed by atoms with Gasteiger partial charge in [0.2, 0.25) is 11.8 Å². The molecule has 8 heteroatoms. The molecule has 1 N–H and O–H groups in total. The van der Waals surface area contributed by atoms with Gasteiger partial charge in [0.25, 0.3) is 0 Å². The van der Waals surface area contributed by atoms with Crippen LogP contribution in [0.15, 0.2) is 6.20 Å². The molecule has 1 atom stereocenters. The van der Waals surface area contributed by atoms with Crippen LogP contribution in [0, 0.1) is 16.0 Å². The van der Waals surface area contributed by atoms with Gasteiger partial charge in [-0.15, -0.1) is 0 Å². The van der Waals surface area contributed by atoms with Gasteiger partial charge in [-0.1, -0.05) is 0 Å². The highest BCUT2D eigenvalue weighted by Crippen LogP contribution is 2.27. The van der Waals surface area contributed by atoms with Gasteiger partial charge in [-0.05, 0) is 25.9 Å². The number of hydrogen-bond donors (Lipinski definition) is 1. The third-order valence-electron chi connectivity index (χ3n) is 3.55. The van der Waals surface area contributed by atoms with Gasteiger partial charge in [0.05, 0.1) is 4.92 Å². The highest BCUT2D eigenvalue weighted by atomic mass is 16.6. The summed E-state index contributed by atoms with van der Waals surface area (Å²) in [6, 6.07) is 0. The summed E-state index contributed by atoms with van der Waals surface area (Å²) in [5, 5.41) is 13.9. The van der Waals surface area contributed by atoms with Crippen LogP contribution in [0.5, 0.6) is 0 Å². The number of hydrogen-bond acceptors (Lipinski definition) is 7. The Balaban J connectivity index is 2.18. The van der Waals surface area contributed by atoms with Crippen molar-refractivity contribution in [2.45, 2.75) is 6.42 Å². The Morgan fingerprint density at radius 2 is 2.40 bits per heavy atom. The lowest BCUT2D eigenvalue weighted by atomic mass is 10.1. The van der Waals surface area contributed by atoms with Crippen LogP contribution in [0.1, 0.15) is 6.42 Å². The molecular weight excluding hydrogens is 260 g/mol. The summed E-state index contributed by atoms with van der Waals surface area (Å²) >= 11 is 0. The second-order valence-corrected chi connectivity index (χ2v) is 5.21. The standard InChI is InChI=1S/C12H20N6O2/c1-13-12-14-6-10(18(19)20)11(15-12)17(3)8-9-4-5-16(2)7-9/h6,9H,4-5,7-8H2,1-3H3,(H,13,14,15). The van der Waals surface area contributed by atoms with Crippen LogP contribution in [0.2, 0.25) is 0 Å². The zero-order valence-corrected chi connectivity index (χ0v) is 12.0. The Morgan fingerprint density at radius 1 is 1.65 bits per heavy atom. The van der Waals surface area contributed by atoms with Crippen molar-refractivity contribution in [3.63, 3.8) is 0 Å². The van der Waals surface area contributed by atoms with Crippen LogP contribution in [-0.4, -0.2) is 60.6 Å². The summed E-state index contributed by atoms with van der Waals surface area (Å²) in [4.78, 5) is 22.9. The smallest absolute Gasteiger partial charge is 0.329 e. The maximum atomic E-state index is 11.1. The van der Waals surface area contributed by atoms with Gasteiger partial charge < -0.3 is 15.1 Å². The van der Waals surface area contributed by atoms with E-state index in [0.29, 0.717) is 17.7 Å². The number of nitro groups is 1. The summed E-state index contributed by atoms with van der Waals surface area (Å²) in [5.74, 6) is 1.27. The van der Waals surface area contributed by atoms with Gasteiger partial charge in [0.15, 0.2) is 0 Å². The first kappa shape index (κ1) is 14.4. The lowest BCUT2D eigenvalue weighted by Gasteiger charge is -2.22. The van der Waals surface area contributed by atoms with Crippen molar-refractivity contribution in [3.05, 3.63) is 16.3 Å². The van der Waals surface area contributed by atoms with Gasteiger partial charge in [-0.2, -0.15) is 4.98 Å². The summed E-state index contributed by atoms with van der Waals surface area (Å²) < 4.78 is 0. The van der Waals surface area contributed by atoms with Gasteiger partial charge in [0, 0.05) is 27.2 Å². The van der Waals surface area contributed by atoms with Crippen molar-refractivity contribution in [1.29, 1.82) is 0 Å². The fraction of sp³-hybridized carbons (Fsp3) is 0.667. The van der Waals surface area contributed by atoms with Crippen LogP contribution >= 0.6 is 0 Å². The predicted molar refractivity (Wildman–Crippen MR) is 77.1 cm³/mol. The largest absolute Gasteiger partial charge is 0.357 e. The Labute approximate surface area is 118 Å². The highest BCUT2D eigenvalue weighted by molar-refractivity contribution is 5.58. The highest BCUT2D eigenvalue weighted by Gasteiger charge is 2.25. The third-order valence-corrected chi connectivity index (χ3v) is 3.55. The summed E-state index contributed by atoms with van der Waals surface area (Å²) in [7, 11) is 5.62. The van der Waals surface area contributed by atoms with E-state index in [2.05, 4.69) is 27.2 Å². The summed E-state index contributed by atoms with van der Waals surface area (Å²) in [5.41, 5.74) is -0.0575. The Hall–Kier alpha value is -1.96. The second-order valence-electron chi connectivity index (χ2n) is 5.21. The molecule has 0 saturated carbocycles. The number of rotatable bonds is 5. The lowest BCUT2D eigenvalue weighted by molar-refractivity contribution is -0.384. The number of nitrogens with one attached hydrogen (secondary N) is 1. The first-order valence-electron chi connectivity index (χ1n) is 6.60. The number of likely N-dealkylation sites (tertiary alicyclic amines) is 1. The van der Waals surface area contributed by atoms with Crippen LogP contribution in [0.4, 0.5) is 17.5 Å². The maximum Gasteiger partial charge on any atom is 0.329 e. The van der Waals surface area contributed by atoms with Crippen LogP contribution < -0.4 is 10.2 Å². The molecule has 1 aromatic rings. The molecule has 0 aromatic carbocycles. The fourth-order valence-corrected chi connectivity index (χ4v) is 2.55. The molecule has 1 saturated heterocycles. The molecule has 2 heterocycles. The van der Waals surface area contributed by atoms with Gasteiger partial charge in [0.1, 0.15) is 6.20 Å². The topological polar surface area (TPSA) is 87.4 Å². The summed E-state index contributed by atoms with van der Waals surface area (Å²) in [6.07, 6.45) is 2.37. The zero-order valence-electron chi connectivity index (χ0n) is 12.0. The quantitative estimate of drug-likeness (QED) is 0.631. The molecule has 1 fully saturated rings. The van der Waals surface area contributed by atoms with E-state index < -0.39 is 4.92 Å². The molecule has 20 heavy (non-hydrogen) atoms. The van der Waals surface area contributed by atoms with E-state index in [1.54, 1.807) is 7.05 Å². The predicted octanol–water partition coefficient (Wildman–Crippen LogP) is 0.814. The molecule has 1 aromatic heterocycles. The maximum absolute atomic E-state index is 11.1. The molecule has 1 aliphatic rings. The first-order chi connectivity index (χ1) is 9.51. The van der Waals surface area contributed by atoms with Crippen molar-refractivity contribution in [1.82, 2.24) is 14.9 Å². The van der Waals surface area contributed by atoms with Crippen molar-refractivity contribution in [3.8, 4) is 0 Å².